The molecular weight excluding hydrogens is 356 g/mol. The molecule has 0 unspecified atom stereocenters. The molecule has 29 heavy (non-hydrogen) atoms. The molecule has 0 saturated heterocycles. The fourth-order valence-electron chi connectivity index (χ4n) is 3.62. The van der Waals surface area contributed by atoms with Crippen LogP contribution in [-0.4, -0.2) is 15.1 Å². The van der Waals surface area contributed by atoms with Gasteiger partial charge in [-0.25, -0.2) is 4.98 Å². The number of imidazole rings is 1. The van der Waals surface area contributed by atoms with Gasteiger partial charge in [0.25, 0.3) is 0 Å². The molecule has 0 aliphatic carbocycles. The van der Waals surface area contributed by atoms with E-state index in [2.05, 4.69) is 50.0 Å². The lowest BCUT2D eigenvalue weighted by atomic mass is 9.84. The molecule has 0 aliphatic heterocycles. The molecule has 3 aromatic carbocycles. The van der Waals surface area contributed by atoms with Crippen LogP contribution in [0.25, 0.3) is 33.9 Å². The molecular formula is C26H26N2O. The predicted octanol–water partition coefficient (Wildman–Crippen LogP) is 6.72. The number of H-pyrrole nitrogens is 1. The lowest BCUT2D eigenvalue weighted by Gasteiger charge is -2.22. The van der Waals surface area contributed by atoms with Crippen LogP contribution >= 0.6 is 0 Å². The molecule has 0 bridgehead atoms. The first-order valence-electron chi connectivity index (χ1n) is 9.90. The van der Waals surface area contributed by atoms with Crippen LogP contribution in [0.1, 0.15) is 31.9 Å². The highest BCUT2D eigenvalue weighted by atomic mass is 16.3. The van der Waals surface area contributed by atoms with Gasteiger partial charge in [0, 0.05) is 22.3 Å². The first-order valence-corrected chi connectivity index (χ1v) is 9.90. The third-order valence-corrected chi connectivity index (χ3v) is 5.20. The minimum absolute atomic E-state index is 0.165. The topological polar surface area (TPSA) is 48.9 Å². The number of rotatable bonds is 3. The van der Waals surface area contributed by atoms with Crippen molar-refractivity contribution in [2.24, 2.45) is 0 Å². The van der Waals surface area contributed by atoms with E-state index in [4.69, 9.17) is 4.98 Å². The maximum absolute atomic E-state index is 10.6. The Morgan fingerprint density at radius 2 is 1.38 bits per heavy atom. The summed E-state index contributed by atoms with van der Waals surface area (Å²) in [5, 5.41) is 10.6. The largest absolute Gasteiger partial charge is 0.507 e. The van der Waals surface area contributed by atoms with E-state index in [1.54, 1.807) is 0 Å². The highest BCUT2D eigenvalue weighted by molar-refractivity contribution is 5.81. The predicted molar refractivity (Wildman–Crippen MR) is 120 cm³/mol. The van der Waals surface area contributed by atoms with Gasteiger partial charge in [-0.05, 0) is 30.0 Å². The molecule has 0 spiro atoms. The van der Waals surface area contributed by atoms with E-state index >= 15 is 0 Å². The number of aromatic amines is 1. The number of phenols is 1. The fraction of sp³-hybridized carbons (Fsp3) is 0.192. The van der Waals surface area contributed by atoms with Crippen molar-refractivity contribution in [3.05, 3.63) is 83.9 Å². The van der Waals surface area contributed by atoms with Crippen molar-refractivity contribution in [1.29, 1.82) is 0 Å². The van der Waals surface area contributed by atoms with Crippen LogP contribution in [0.2, 0.25) is 0 Å². The Hall–Kier alpha value is -3.33. The van der Waals surface area contributed by atoms with Gasteiger partial charge in [0.15, 0.2) is 0 Å². The molecule has 0 amide bonds. The van der Waals surface area contributed by atoms with Crippen LogP contribution < -0.4 is 0 Å². The third kappa shape index (κ3) is 3.68. The number of aromatic nitrogens is 2. The van der Waals surface area contributed by atoms with Gasteiger partial charge >= 0.3 is 0 Å². The second kappa shape index (κ2) is 7.25. The monoisotopic (exact) mass is 382 g/mol. The van der Waals surface area contributed by atoms with E-state index in [0.717, 1.165) is 45.0 Å². The minimum atomic E-state index is -0.165. The summed E-state index contributed by atoms with van der Waals surface area (Å²) in [6, 6.07) is 24.5. The highest BCUT2D eigenvalue weighted by Gasteiger charge is 2.22. The third-order valence-electron chi connectivity index (χ3n) is 5.20. The number of benzene rings is 3. The number of aryl methyl sites for hydroxylation is 1. The zero-order valence-electron chi connectivity index (χ0n) is 17.3. The maximum atomic E-state index is 10.6. The number of nitrogens with one attached hydrogen (secondary N) is 1. The summed E-state index contributed by atoms with van der Waals surface area (Å²) in [7, 11) is 0. The fourth-order valence-corrected chi connectivity index (χ4v) is 3.62. The van der Waals surface area contributed by atoms with Gasteiger partial charge in [0.05, 0.1) is 11.4 Å². The van der Waals surface area contributed by atoms with Crippen LogP contribution in [0.5, 0.6) is 5.75 Å². The van der Waals surface area contributed by atoms with E-state index in [1.165, 1.54) is 0 Å². The second-order valence-corrected chi connectivity index (χ2v) is 8.48. The van der Waals surface area contributed by atoms with Gasteiger partial charge in [-0.3, -0.25) is 0 Å². The average molecular weight is 383 g/mol. The number of aromatic hydroxyl groups is 1. The summed E-state index contributed by atoms with van der Waals surface area (Å²) in [6.45, 7) is 8.27. The molecule has 0 saturated carbocycles. The Balaban J connectivity index is 1.93. The molecule has 3 nitrogen and oxygen atoms in total. The first kappa shape index (κ1) is 19.0. The molecule has 0 radical (unpaired) electrons. The zero-order valence-corrected chi connectivity index (χ0v) is 17.3. The van der Waals surface area contributed by atoms with Gasteiger partial charge in [-0.15, -0.1) is 0 Å². The van der Waals surface area contributed by atoms with E-state index in [9.17, 15) is 5.11 Å². The normalized spacial score (nSPS) is 11.6. The second-order valence-electron chi connectivity index (χ2n) is 8.48. The lowest BCUT2D eigenvalue weighted by Crippen LogP contribution is -2.12. The summed E-state index contributed by atoms with van der Waals surface area (Å²) >= 11 is 0. The van der Waals surface area contributed by atoms with Crippen LogP contribution in [0.15, 0.2) is 72.8 Å². The number of hydrogen-bond acceptors (Lipinski definition) is 2. The van der Waals surface area contributed by atoms with Crippen LogP contribution in [0.4, 0.5) is 0 Å². The molecule has 4 aromatic rings. The Kier molecular flexibility index (Phi) is 4.75. The molecule has 3 heteroatoms. The summed E-state index contributed by atoms with van der Waals surface area (Å²) < 4.78 is 0. The first-order chi connectivity index (χ1) is 13.8. The maximum Gasteiger partial charge on any atom is 0.138 e. The van der Waals surface area contributed by atoms with E-state index in [0.29, 0.717) is 5.75 Å². The van der Waals surface area contributed by atoms with E-state index in [-0.39, 0.29) is 5.41 Å². The SMILES string of the molecule is Cc1cc(-c2nc(-c3ccccc3)c(-c3ccccc3)[nH]2)cc(C(C)(C)C)c1O. The van der Waals surface area contributed by atoms with Crippen molar-refractivity contribution in [3.63, 3.8) is 0 Å². The Morgan fingerprint density at radius 3 is 1.97 bits per heavy atom. The lowest BCUT2D eigenvalue weighted by molar-refractivity contribution is 0.443. The quantitative estimate of drug-likeness (QED) is 0.413. The molecule has 1 aromatic heterocycles. The average Bonchev–Trinajstić information content (AvgIpc) is 3.16. The van der Waals surface area contributed by atoms with Crippen molar-refractivity contribution in [3.8, 4) is 39.7 Å². The van der Waals surface area contributed by atoms with Gasteiger partial charge in [0.2, 0.25) is 0 Å². The molecule has 0 aliphatic rings. The smallest absolute Gasteiger partial charge is 0.138 e. The highest BCUT2D eigenvalue weighted by Crippen LogP contribution is 2.38. The number of hydrogen-bond donors (Lipinski definition) is 2. The van der Waals surface area contributed by atoms with Crippen molar-refractivity contribution in [2.45, 2.75) is 33.1 Å². The molecule has 0 fully saturated rings. The van der Waals surface area contributed by atoms with Gasteiger partial charge < -0.3 is 10.1 Å². The van der Waals surface area contributed by atoms with E-state index in [1.807, 2.05) is 55.5 Å². The van der Waals surface area contributed by atoms with Crippen molar-refractivity contribution >= 4 is 0 Å². The zero-order chi connectivity index (χ0) is 20.6. The molecule has 1 heterocycles. The summed E-state index contributed by atoms with van der Waals surface area (Å²) in [6.07, 6.45) is 0. The standard InChI is InChI=1S/C26H26N2O/c1-17-15-20(16-21(24(17)29)26(2,3)4)25-27-22(18-11-7-5-8-12-18)23(28-25)19-13-9-6-10-14-19/h5-16,29H,1-4H3,(H,27,28). The number of nitrogens with zero attached hydrogens (tertiary/aromatic N) is 1. The summed E-state index contributed by atoms with van der Waals surface area (Å²) in [5.74, 6) is 1.16. The van der Waals surface area contributed by atoms with Crippen LogP contribution in [0, 0.1) is 6.92 Å². The van der Waals surface area contributed by atoms with Crippen LogP contribution in [0.3, 0.4) is 0 Å². The van der Waals surface area contributed by atoms with E-state index < -0.39 is 0 Å². The number of phenolic OH excluding ortho intramolecular Hbond substituents is 1. The molecule has 2 N–H and O–H groups in total. The van der Waals surface area contributed by atoms with Gasteiger partial charge in [-0.2, -0.15) is 0 Å². The van der Waals surface area contributed by atoms with Crippen molar-refractivity contribution < 1.29 is 5.11 Å². The Morgan fingerprint density at radius 1 is 0.793 bits per heavy atom. The van der Waals surface area contributed by atoms with Gasteiger partial charge in [-0.1, -0.05) is 81.4 Å². The van der Waals surface area contributed by atoms with Crippen molar-refractivity contribution in [2.75, 3.05) is 0 Å². The molecule has 146 valence electrons. The van der Waals surface area contributed by atoms with Crippen LogP contribution in [-0.2, 0) is 5.41 Å². The summed E-state index contributed by atoms with van der Waals surface area (Å²) in [5.41, 5.74) is 6.67. The molecule has 0 atom stereocenters. The van der Waals surface area contributed by atoms with Crippen molar-refractivity contribution in [1.82, 2.24) is 9.97 Å². The minimum Gasteiger partial charge on any atom is -0.507 e. The molecule has 4 rings (SSSR count). The Labute approximate surface area is 172 Å². The Bertz CT molecular complexity index is 1080. The summed E-state index contributed by atoms with van der Waals surface area (Å²) in [4.78, 5) is 8.53. The van der Waals surface area contributed by atoms with Gasteiger partial charge in [0.1, 0.15) is 11.6 Å².